The van der Waals surface area contributed by atoms with Crippen LogP contribution in [0.2, 0.25) is 0 Å². The van der Waals surface area contributed by atoms with Gasteiger partial charge in [0.1, 0.15) is 0 Å². The minimum Gasteiger partial charge on any atom is -0.301 e. The van der Waals surface area contributed by atoms with Crippen LogP contribution in [0.3, 0.4) is 0 Å². The topological polar surface area (TPSA) is 58.4 Å². The van der Waals surface area contributed by atoms with Crippen LogP contribution in [0.4, 0.5) is 0 Å². The van der Waals surface area contributed by atoms with Gasteiger partial charge in [0, 0.05) is 37.6 Å². The third kappa shape index (κ3) is 3.42. The first-order valence-electron chi connectivity index (χ1n) is 4.12. The Balaban J connectivity index is 2.09. The van der Waals surface area contributed by atoms with Crippen molar-refractivity contribution < 1.29 is 4.79 Å². The van der Waals surface area contributed by atoms with Crippen LogP contribution in [0, 0.1) is 0 Å². The molecule has 0 aromatic rings. The van der Waals surface area contributed by atoms with E-state index >= 15 is 0 Å². The molecule has 0 atom stereocenters. The largest absolute Gasteiger partial charge is 0.301 e. The highest BCUT2D eigenvalue weighted by Gasteiger charge is 2.10. The molecule has 1 rings (SSSR count). The first-order chi connectivity index (χ1) is 5.83. The van der Waals surface area contributed by atoms with Crippen LogP contribution in [-0.4, -0.2) is 41.9 Å². The van der Waals surface area contributed by atoms with Crippen molar-refractivity contribution in [1.82, 2.24) is 10.3 Å². The third-order valence-electron chi connectivity index (χ3n) is 1.92. The molecule has 1 heterocycles. The SMILES string of the molecule is NNC(=O)CCN1CCSCC1. The fourth-order valence-electron chi connectivity index (χ4n) is 1.16. The molecule has 0 aromatic carbocycles. The van der Waals surface area contributed by atoms with E-state index < -0.39 is 0 Å². The second-order valence-corrected chi connectivity index (χ2v) is 4.00. The van der Waals surface area contributed by atoms with Crippen LogP contribution < -0.4 is 11.3 Å². The molecule has 1 amide bonds. The summed E-state index contributed by atoms with van der Waals surface area (Å²) in [6, 6.07) is 0. The lowest BCUT2D eigenvalue weighted by Crippen LogP contribution is -2.37. The lowest BCUT2D eigenvalue weighted by molar-refractivity contribution is -0.121. The number of hydrazine groups is 1. The predicted molar refractivity (Wildman–Crippen MR) is 50.7 cm³/mol. The zero-order chi connectivity index (χ0) is 8.81. The molecule has 4 nitrogen and oxygen atoms in total. The smallest absolute Gasteiger partial charge is 0.235 e. The molecule has 1 aliphatic heterocycles. The van der Waals surface area contributed by atoms with Gasteiger partial charge >= 0.3 is 0 Å². The molecule has 0 bridgehead atoms. The van der Waals surface area contributed by atoms with Crippen LogP contribution >= 0.6 is 11.8 Å². The minimum atomic E-state index is -0.0757. The summed E-state index contributed by atoms with van der Waals surface area (Å²) >= 11 is 1.97. The Kier molecular flexibility index (Phi) is 4.42. The number of hydrogen-bond donors (Lipinski definition) is 2. The van der Waals surface area contributed by atoms with Crippen molar-refractivity contribution in [1.29, 1.82) is 0 Å². The van der Waals surface area contributed by atoms with Gasteiger partial charge in [0.05, 0.1) is 0 Å². The summed E-state index contributed by atoms with van der Waals surface area (Å²) in [5.74, 6) is 7.26. The Hall–Kier alpha value is -0.260. The molecule has 5 heteroatoms. The van der Waals surface area contributed by atoms with Gasteiger partial charge in [-0.05, 0) is 0 Å². The molecule has 0 aromatic heterocycles. The minimum absolute atomic E-state index is 0.0757. The number of carbonyl (C=O) groups is 1. The van der Waals surface area contributed by atoms with Crippen LogP contribution in [-0.2, 0) is 4.79 Å². The second-order valence-electron chi connectivity index (χ2n) is 2.77. The summed E-state index contributed by atoms with van der Waals surface area (Å²) in [5, 5.41) is 0. The van der Waals surface area contributed by atoms with Crippen molar-refractivity contribution in [2.24, 2.45) is 5.84 Å². The highest BCUT2D eigenvalue weighted by molar-refractivity contribution is 7.99. The van der Waals surface area contributed by atoms with Crippen molar-refractivity contribution in [3.63, 3.8) is 0 Å². The molecule has 12 heavy (non-hydrogen) atoms. The van der Waals surface area contributed by atoms with Gasteiger partial charge in [0.25, 0.3) is 0 Å². The molecule has 1 aliphatic rings. The Morgan fingerprint density at radius 1 is 1.50 bits per heavy atom. The Bertz CT molecular complexity index is 148. The Labute approximate surface area is 76.8 Å². The Morgan fingerprint density at radius 2 is 2.17 bits per heavy atom. The Morgan fingerprint density at radius 3 is 2.75 bits per heavy atom. The fraction of sp³-hybridized carbons (Fsp3) is 0.857. The molecule has 0 saturated carbocycles. The highest BCUT2D eigenvalue weighted by atomic mass is 32.2. The molecule has 3 N–H and O–H groups in total. The van der Waals surface area contributed by atoms with Crippen LogP contribution in [0.15, 0.2) is 0 Å². The zero-order valence-electron chi connectivity index (χ0n) is 7.08. The molecule has 0 radical (unpaired) electrons. The normalized spacial score (nSPS) is 19.1. The summed E-state index contributed by atoms with van der Waals surface area (Å²) in [5.41, 5.74) is 2.13. The van der Waals surface area contributed by atoms with Gasteiger partial charge in [-0.25, -0.2) is 5.84 Å². The molecule has 0 aliphatic carbocycles. The maximum absolute atomic E-state index is 10.8. The van der Waals surface area contributed by atoms with Crippen LogP contribution in [0.5, 0.6) is 0 Å². The molecular weight excluding hydrogens is 174 g/mol. The monoisotopic (exact) mass is 189 g/mol. The summed E-state index contributed by atoms with van der Waals surface area (Å²) in [6.45, 7) is 3.04. The number of thioether (sulfide) groups is 1. The average Bonchev–Trinajstić information content (AvgIpc) is 2.16. The van der Waals surface area contributed by atoms with Gasteiger partial charge in [-0.3, -0.25) is 10.2 Å². The third-order valence-corrected chi connectivity index (χ3v) is 2.86. The molecule has 0 unspecified atom stereocenters. The van der Waals surface area contributed by atoms with Crippen molar-refractivity contribution in [3.05, 3.63) is 0 Å². The van der Waals surface area contributed by atoms with E-state index in [1.54, 1.807) is 0 Å². The number of nitrogens with one attached hydrogen (secondary N) is 1. The molecule has 1 fully saturated rings. The predicted octanol–water partition coefficient (Wildman–Crippen LogP) is -0.585. The number of nitrogens with zero attached hydrogens (tertiary/aromatic N) is 1. The summed E-state index contributed by atoms with van der Waals surface area (Å²) < 4.78 is 0. The average molecular weight is 189 g/mol. The van der Waals surface area contributed by atoms with Gasteiger partial charge in [0.15, 0.2) is 0 Å². The molecular formula is C7H15N3OS. The second kappa shape index (κ2) is 5.40. The lowest BCUT2D eigenvalue weighted by atomic mass is 10.3. The summed E-state index contributed by atoms with van der Waals surface area (Å²) in [6.07, 6.45) is 0.515. The number of amides is 1. The van der Waals surface area contributed by atoms with E-state index in [4.69, 9.17) is 5.84 Å². The number of nitrogens with two attached hydrogens (primary N) is 1. The highest BCUT2D eigenvalue weighted by Crippen LogP contribution is 2.08. The maximum atomic E-state index is 10.8. The molecule has 70 valence electrons. The fourth-order valence-corrected chi connectivity index (χ4v) is 2.14. The van der Waals surface area contributed by atoms with Gasteiger partial charge in [-0.1, -0.05) is 0 Å². The van der Waals surface area contributed by atoms with E-state index in [1.165, 1.54) is 11.5 Å². The zero-order valence-corrected chi connectivity index (χ0v) is 7.90. The van der Waals surface area contributed by atoms with E-state index in [9.17, 15) is 4.79 Å². The molecule has 0 spiro atoms. The van der Waals surface area contributed by atoms with E-state index in [0.29, 0.717) is 6.42 Å². The number of hydrogen-bond acceptors (Lipinski definition) is 4. The summed E-state index contributed by atoms with van der Waals surface area (Å²) in [4.78, 5) is 13.1. The van der Waals surface area contributed by atoms with Crippen molar-refractivity contribution in [3.8, 4) is 0 Å². The van der Waals surface area contributed by atoms with Gasteiger partial charge in [-0.2, -0.15) is 11.8 Å². The van der Waals surface area contributed by atoms with Gasteiger partial charge in [-0.15, -0.1) is 0 Å². The van der Waals surface area contributed by atoms with E-state index in [-0.39, 0.29) is 5.91 Å². The van der Waals surface area contributed by atoms with Crippen molar-refractivity contribution in [2.45, 2.75) is 6.42 Å². The first-order valence-corrected chi connectivity index (χ1v) is 5.28. The standard InChI is InChI=1S/C7H15N3OS/c8-9-7(11)1-2-10-3-5-12-6-4-10/h1-6,8H2,(H,9,11). The van der Waals surface area contributed by atoms with Gasteiger partial charge in [0.2, 0.25) is 5.91 Å². The van der Waals surface area contributed by atoms with Crippen molar-refractivity contribution >= 4 is 17.7 Å². The first kappa shape index (κ1) is 9.83. The number of rotatable bonds is 3. The number of carbonyl (C=O) groups excluding carboxylic acids is 1. The van der Waals surface area contributed by atoms with Gasteiger partial charge < -0.3 is 4.90 Å². The maximum Gasteiger partial charge on any atom is 0.235 e. The van der Waals surface area contributed by atoms with E-state index in [2.05, 4.69) is 10.3 Å². The van der Waals surface area contributed by atoms with Crippen LogP contribution in [0.1, 0.15) is 6.42 Å². The summed E-state index contributed by atoms with van der Waals surface area (Å²) in [7, 11) is 0. The van der Waals surface area contributed by atoms with Crippen molar-refractivity contribution in [2.75, 3.05) is 31.1 Å². The lowest BCUT2D eigenvalue weighted by Gasteiger charge is -2.25. The quantitative estimate of drug-likeness (QED) is 0.354. The van der Waals surface area contributed by atoms with E-state index in [1.807, 2.05) is 11.8 Å². The van der Waals surface area contributed by atoms with E-state index in [0.717, 1.165) is 19.6 Å². The van der Waals surface area contributed by atoms with Crippen LogP contribution in [0.25, 0.3) is 0 Å². The molecule has 1 saturated heterocycles.